The van der Waals surface area contributed by atoms with Crippen molar-refractivity contribution in [1.29, 1.82) is 0 Å². The Bertz CT molecular complexity index is 308. The normalized spacial score (nSPS) is 10.5. The Balaban J connectivity index is 3.05. The van der Waals surface area contributed by atoms with Crippen molar-refractivity contribution in [3.8, 4) is 0 Å². The number of nitrogen functional groups attached to an aromatic ring is 2. The van der Waals surface area contributed by atoms with Gasteiger partial charge in [0.2, 0.25) is 5.95 Å². The summed E-state index contributed by atoms with van der Waals surface area (Å²) in [7, 11) is 0. The molecule has 0 bridgehead atoms. The predicted molar refractivity (Wildman–Crippen MR) is 54.4 cm³/mol. The Morgan fingerprint density at radius 1 is 1.23 bits per heavy atom. The summed E-state index contributed by atoms with van der Waals surface area (Å²) in [6.07, 6.45) is 0. The van der Waals surface area contributed by atoms with E-state index >= 15 is 0 Å². The zero-order valence-electron chi connectivity index (χ0n) is 8.13. The molecular weight excluding hydrogens is 166 g/mol. The van der Waals surface area contributed by atoms with E-state index in [9.17, 15) is 0 Å². The maximum atomic E-state index is 5.76. The van der Waals surface area contributed by atoms with E-state index in [0.717, 1.165) is 0 Å². The van der Waals surface area contributed by atoms with Gasteiger partial charge >= 0.3 is 0 Å². The highest BCUT2D eigenvalue weighted by Crippen LogP contribution is 2.19. The molecule has 0 atom stereocenters. The molecule has 0 aromatic carbocycles. The molecule has 0 spiro atoms. The fourth-order valence-electron chi connectivity index (χ4n) is 0.987. The van der Waals surface area contributed by atoms with Crippen LogP contribution in [0.3, 0.4) is 0 Å². The van der Waals surface area contributed by atoms with Crippen LogP contribution in [0, 0.1) is 6.92 Å². The van der Waals surface area contributed by atoms with Gasteiger partial charge in [0.25, 0.3) is 0 Å². The van der Waals surface area contributed by atoms with Crippen molar-refractivity contribution in [2.24, 2.45) is 0 Å². The van der Waals surface area contributed by atoms with Crippen molar-refractivity contribution in [2.45, 2.75) is 26.8 Å². The molecule has 1 heterocycles. The highest BCUT2D eigenvalue weighted by molar-refractivity contribution is 5.65. The highest BCUT2D eigenvalue weighted by atomic mass is 15.1. The van der Waals surface area contributed by atoms with Crippen LogP contribution in [0.15, 0.2) is 0 Å². The van der Waals surface area contributed by atoms with E-state index in [2.05, 4.69) is 15.3 Å². The van der Waals surface area contributed by atoms with Gasteiger partial charge in [-0.25, -0.2) is 4.98 Å². The van der Waals surface area contributed by atoms with Crippen LogP contribution in [0.2, 0.25) is 0 Å². The van der Waals surface area contributed by atoms with Gasteiger partial charge in [0.05, 0.1) is 11.4 Å². The molecule has 72 valence electrons. The molecule has 5 nitrogen and oxygen atoms in total. The third-order valence-corrected chi connectivity index (χ3v) is 1.58. The summed E-state index contributed by atoms with van der Waals surface area (Å²) in [4.78, 5) is 7.95. The SMILES string of the molecule is Cc1nc(N)nc(NC(C)C)c1N. The van der Waals surface area contributed by atoms with Crippen molar-refractivity contribution < 1.29 is 0 Å². The first kappa shape index (κ1) is 9.57. The second-order valence-electron chi connectivity index (χ2n) is 3.23. The van der Waals surface area contributed by atoms with Crippen LogP contribution in [0.25, 0.3) is 0 Å². The zero-order chi connectivity index (χ0) is 10.0. The van der Waals surface area contributed by atoms with Gasteiger partial charge in [0, 0.05) is 6.04 Å². The van der Waals surface area contributed by atoms with Crippen molar-refractivity contribution >= 4 is 17.5 Å². The monoisotopic (exact) mass is 181 g/mol. The van der Waals surface area contributed by atoms with Gasteiger partial charge in [-0.3, -0.25) is 0 Å². The van der Waals surface area contributed by atoms with Gasteiger partial charge in [-0.1, -0.05) is 0 Å². The van der Waals surface area contributed by atoms with Crippen LogP contribution >= 0.6 is 0 Å². The van der Waals surface area contributed by atoms with Crippen molar-refractivity contribution in [3.63, 3.8) is 0 Å². The first-order chi connectivity index (χ1) is 6.00. The number of nitrogens with one attached hydrogen (secondary N) is 1. The van der Waals surface area contributed by atoms with Gasteiger partial charge < -0.3 is 16.8 Å². The van der Waals surface area contributed by atoms with Crippen molar-refractivity contribution in [1.82, 2.24) is 9.97 Å². The predicted octanol–water partition coefficient (Wildman–Crippen LogP) is 0.770. The molecule has 13 heavy (non-hydrogen) atoms. The molecule has 5 N–H and O–H groups in total. The summed E-state index contributed by atoms with van der Waals surface area (Å²) in [5, 5.41) is 3.10. The van der Waals surface area contributed by atoms with E-state index in [0.29, 0.717) is 17.2 Å². The quantitative estimate of drug-likeness (QED) is 0.627. The number of nitrogens with two attached hydrogens (primary N) is 2. The lowest BCUT2D eigenvalue weighted by Gasteiger charge is -2.12. The fourth-order valence-corrected chi connectivity index (χ4v) is 0.987. The molecule has 1 rings (SSSR count). The van der Waals surface area contributed by atoms with Gasteiger partial charge in [-0.2, -0.15) is 4.98 Å². The molecular formula is C8H15N5. The summed E-state index contributed by atoms with van der Waals surface area (Å²) in [6, 6.07) is 0.274. The molecule has 0 amide bonds. The fraction of sp³-hybridized carbons (Fsp3) is 0.500. The Labute approximate surface area is 77.6 Å². The number of aromatic nitrogens is 2. The minimum atomic E-state index is 0.245. The number of anilines is 3. The summed E-state index contributed by atoms with van der Waals surface area (Å²) >= 11 is 0. The molecule has 1 aromatic heterocycles. The van der Waals surface area contributed by atoms with Crippen LogP contribution in [0.4, 0.5) is 17.5 Å². The number of nitrogens with zero attached hydrogens (tertiary/aromatic N) is 2. The zero-order valence-corrected chi connectivity index (χ0v) is 8.13. The highest BCUT2D eigenvalue weighted by Gasteiger charge is 2.07. The van der Waals surface area contributed by atoms with E-state index in [1.807, 2.05) is 13.8 Å². The topological polar surface area (TPSA) is 89.8 Å². The molecule has 0 saturated heterocycles. The second-order valence-corrected chi connectivity index (χ2v) is 3.23. The standard InChI is InChI=1S/C8H15N5/c1-4(2)11-7-6(9)5(3)12-8(10)13-7/h4H,9H2,1-3H3,(H3,10,11,12,13). The lowest BCUT2D eigenvalue weighted by Crippen LogP contribution is -2.15. The van der Waals surface area contributed by atoms with Gasteiger partial charge in [-0.05, 0) is 20.8 Å². The molecule has 0 saturated carbocycles. The number of aryl methyl sites for hydroxylation is 1. The average molecular weight is 181 g/mol. The summed E-state index contributed by atoms with van der Waals surface area (Å²) in [5.74, 6) is 0.856. The van der Waals surface area contributed by atoms with E-state index in [1.165, 1.54) is 0 Å². The lowest BCUT2D eigenvalue weighted by molar-refractivity contribution is 0.887. The Morgan fingerprint density at radius 3 is 2.38 bits per heavy atom. The van der Waals surface area contributed by atoms with Crippen LogP contribution in [0.1, 0.15) is 19.5 Å². The van der Waals surface area contributed by atoms with E-state index in [1.54, 1.807) is 6.92 Å². The minimum absolute atomic E-state index is 0.245. The molecule has 0 aliphatic carbocycles. The summed E-state index contributed by atoms with van der Waals surface area (Å²) < 4.78 is 0. The number of rotatable bonds is 2. The van der Waals surface area contributed by atoms with Gasteiger partial charge in [0.15, 0.2) is 5.82 Å². The van der Waals surface area contributed by atoms with Crippen LogP contribution in [-0.2, 0) is 0 Å². The Morgan fingerprint density at radius 2 is 1.85 bits per heavy atom. The molecule has 0 aliphatic heterocycles. The molecule has 5 heteroatoms. The maximum Gasteiger partial charge on any atom is 0.222 e. The second kappa shape index (κ2) is 3.47. The molecule has 1 aromatic rings. The average Bonchev–Trinajstić information content (AvgIpc) is 1.98. The lowest BCUT2D eigenvalue weighted by atomic mass is 10.3. The third-order valence-electron chi connectivity index (χ3n) is 1.58. The summed E-state index contributed by atoms with van der Waals surface area (Å²) in [5.41, 5.74) is 12.5. The minimum Gasteiger partial charge on any atom is -0.394 e. The first-order valence-electron chi connectivity index (χ1n) is 4.17. The first-order valence-corrected chi connectivity index (χ1v) is 4.17. The van der Waals surface area contributed by atoms with Crippen LogP contribution in [-0.4, -0.2) is 16.0 Å². The van der Waals surface area contributed by atoms with Crippen LogP contribution < -0.4 is 16.8 Å². The third kappa shape index (κ3) is 2.21. The number of hydrogen-bond donors (Lipinski definition) is 3. The Kier molecular flexibility index (Phi) is 2.55. The largest absolute Gasteiger partial charge is 0.394 e. The van der Waals surface area contributed by atoms with Crippen molar-refractivity contribution in [2.75, 3.05) is 16.8 Å². The van der Waals surface area contributed by atoms with Gasteiger partial charge in [-0.15, -0.1) is 0 Å². The molecule has 0 fully saturated rings. The van der Waals surface area contributed by atoms with E-state index < -0.39 is 0 Å². The maximum absolute atomic E-state index is 5.76. The van der Waals surface area contributed by atoms with Gasteiger partial charge in [0.1, 0.15) is 0 Å². The summed E-state index contributed by atoms with van der Waals surface area (Å²) in [6.45, 7) is 5.82. The number of hydrogen-bond acceptors (Lipinski definition) is 5. The van der Waals surface area contributed by atoms with E-state index in [-0.39, 0.29) is 12.0 Å². The molecule has 0 unspecified atom stereocenters. The smallest absolute Gasteiger partial charge is 0.222 e. The van der Waals surface area contributed by atoms with Crippen LogP contribution in [0.5, 0.6) is 0 Å². The molecule has 0 radical (unpaired) electrons. The molecule has 0 aliphatic rings. The van der Waals surface area contributed by atoms with Crippen molar-refractivity contribution in [3.05, 3.63) is 5.69 Å². The Hall–Kier alpha value is -1.52. The van der Waals surface area contributed by atoms with E-state index in [4.69, 9.17) is 11.5 Å².